The number of alkyl carbamates (subject to hydrolysis) is 2. The molecule has 4 atom stereocenters. The summed E-state index contributed by atoms with van der Waals surface area (Å²) in [5.41, 5.74) is 7.19. The first-order chi connectivity index (χ1) is 28.4. The number of hydrogen-bond acceptors (Lipinski definition) is 10. The number of aryl methyl sites for hydroxylation is 1. The molecule has 4 aliphatic rings. The van der Waals surface area contributed by atoms with Crippen LogP contribution in [0.3, 0.4) is 0 Å². The molecule has 4 aromatic rings. The predicted molar refractivity (Wildman–Crippen MR) is 219 cm³/mol. The number of methoxy groups -OCH3 is 2. The lowest BCUT2D eigenvalue weighted by Gasteiger charge is -2.37. The average molecular weight is 806 g/mol. The lowest BCUT2D eigenvalue weighted by Crippen LogP contribution is -2.51. The summed E-state index contributed by atoms with van der Waals surface area (Å²) in [5, 5.41) is 5.32. The second-order valence-electron chi connectivity index (χ2n) is 16.0. The summed E-state index contributed by atoms with van der Waals surface area (Å²) < 4.78 is 16.3. The number of benzene rings is 2. The van der Waals surface area contributed by atoms with Crippen LogP contribution in [-0.2, 0) is 25.5 Å². The first-order valence-corrected chi connectivity index (χ1v) is 20.3. The van der Waals surface area contributed by atoms with Gasteiger partial charge in [0.15, 0.2) is 11.5 Å². The van der Waals surface area contributed by atoms with Crippen LogP contribution in [0.5, 0.6) is 11.5 Å². The third-order valence-corrected chi connectivity index (χ3v) is 11.8. The van der Waals surface area contributed by atoms with Gasteiger partial charge in [-0.15, -0.1) is 0 Å². The number of aromatic amines is 2. The van der Waals surface area contributed by atoms with Gasteiger partial charge in [-0.25, -0.2) is 19.6 Å². The summed E-state index contributed by atoms with van der Waals surface area (Å²) in [4.78, 5) is 73.8. The van der Waals surface area contributed by atoms with Crippen LogP contribution in [0.1, 0.15) is 82.2 Å². The zero-order chi connectivity index (χ0) is 41.5. The van der Waals surface area contributed by atoms with Crippen LogP contribution < -0.4 is 20.3 Å². The highest BCUT2D eigenvalue weighted by atomic mass is 16.5. The Bertz CT molecular complexity index is 2300. The topological polar surface area (TPSA) is 187 Å². The van der Waals surface area contributed by atoms with Crippen LogP contribution in [0.15, 0.2) is 54.9 Å². The van der Waals surface area contributed by atoms with Gasteiger partial charge in [0, 0.05) is 30.8 Å². The molecule has 0 spiro atoms. The van der Waals surface area contributed by atoms with E-state index in [1.807, 2.05) is 37.1 Å². The summed E-state index contributed by atoms with van der Waals surface area (Å²) in [7, 11) is 2.55. The van der Waals surface area contributed by atoms with Crippen LogP contribution >= 0.6 is 0 Å². The normalized spacial score (nSPS) is 19.1. The summed E-state index contributed by atoms with van der Waals surface area (Å²) >= 11 is 0. The van der Waals surface area contributed by atoms with Gasteiger partial charge in [0.2, 0.25) is 11.8 Å². The Morgan fingerprint density at radius 1 is 0.814 bits per heavy atom. The minimum absolute atomic E-state index is 0.125. The number of likely N-dealkylation sites (tertiary alicyclic amines) is 2. The van der Waals surface area contributed by atoms with Gasteiger partial charge in [0.1, 0.15) is 23.7 Å². The number of nitrogens with one attached hydrogen (secondary N) is 4. The molecule has 4 amide bonds. The predicted octanol–water partition coefficient (Wildman–Crippen LogP) is 6.67. The molecule has 2 saturated heterocycles. The summed E-state index contributed by atoms with van der Waals surface area (Å²) in [6.07, 6.45) is 7.26. The molecule has 16 nitrogen and oxygen atoms in total. The van der Waals surface area contributed by atoms with E-state index in [-0.39, 0.29) is 29.8 Å². The van der Waals surface area contributed by atoms with Crippen molar-refractivity contribution in [3.05, 3.63) is 72.1 Å². The van der Waals surface area contributed by atoms with E-state index < -0.39 is 24.3 Å². The van der Waals surface area contributed by atoms with Crippen LogP contribution in [0.25, 0.3) is 22.5 Å². The van der Waals surface area contributed by atoms with Crippen LogP contribution in [-0.4, -0.2) is 99.7 Å². The first-order valence-electron chi connectivity index (χ1n) is 20.3. The largest absolute Gasteiger partial charge is 0.453 e. The molecule has 2 aromatic heterocycles. The monoisotopic (exact) mass is 805 g/mol. The second-order valence-corrected chi connectivity index (χ2v) is 16.0. The fraction of sp³-hybridized carbons (Fsp3) is 0.442. The van der Waals surface area contributed by atoms with Crippen molar-refractivity contribution < 1.29 is 33.4 Å². The Kier molecular flexibility index (Phi) is 10.8. The molecule has 4 unspecified atom stereocenters. The van der Waals surface area contributed by atoms with E-state index in [0.717, 1.165) is 90.5 Å². The molecule has 2 aromatic carbocycles. The maximum atomic E-state index is 13.7. The zero-order valence-electron chi connectivity index (χ0n) is 34.1. The Hall–Kier alpha value is -6.32. The second kappa shape index (κ2) is 16.1. The van der Waals surface area contributed by atoms with Gasteiger partial charge >= 0.3 is 12.2 Å². The lowest BCUT2D eigenvalue weighted by molar-refractivity contribution is -0.135. The van der Waals surface area contributed by atoms with Crippen molar-refractivity contribution in [2.45, 2.75) is 83.5 Å². The van der Waals surface area contributed by atoms with Crippen molar-refractivity contribution in [3.8, 4) is 34.0 Å². The molecule has 0 aliphatic carbocycles. The molecule has 16 heteroatoms. The number of aromatic nitrogens is 4. The summed E-state index contributed by atoms with van der Waals surface area (Å²) in [6, 6.07) is 8.25. The number of fused-ring (bicyclic) bond motifs is 2. The fourth-order valence-corrected chi connectivity index (χ4v) is 8.83. The highest BCUT2D eigenvalue weighted by molar-refractivity contribution is 5.89. The van der Waals surface area contributed by atoms with Gasteiger partial charge in [-0.05, 0) is 86.8 Å². The van der Waals surface area contributed by atoms with E-state index in [0.29, 0.717) is 30.3 Å². The van der Waals surface area contributed by atoms with Gasteiger partial charge in [-0.1, -0.05) is 26.5 Å². The van der Waals surface area contributed by atoms with Crippen LogP contribution in [0, 0.1) is 5.92 Å². The number of rotatable bonds is 10. The van der Waals surface area contributed by atoms with E-state index in [9.17, 15) is 19.2 Å². The average Bonchev–Trinajstić information content (AvgIpc) is 4.08. The summed E-state index contributed by atoms with van der Waals surface area (Å²) in [5.74, 6) is 2.31. The fourth-order valence-electron chi connectivity index (χ4n) is 8.83. The molecule has 4 aliphatic heterocycles. The smallest absolute Gasteiger partial charge is 0.407 e. The molecule has 6 heterocycles. The van der Waals surface area contributed by atoms with E-state index in [1.165, 1.54) is 19.8 Å². The van der Waals surface area contributed by atoms with E-state index in [1.54, 1.807) is 18.0 Å². The number of H-pyrrole nitrogens is 2. The van der Waals surface area contributed by atoms with Gasteiger partial charge < -0.3 is 49.5 Å². The maximum Gasteiger partial charge on any atom is 0.407 e. The highest BCUT2D eigenvalue weighted by Gasteiger charge is 2.39. The van der Waals surface area contributed by atoms with E-state index in [2.05, 4.69) is 50.3 Å². The van der Waals surface area contributed by atoms with E-state index in [4.69, 9.17) is 24.2 Å². The quantitative estimate of drug-likeness (QED) is 0.126. The molecule has 59 heavy (non-hydrogen) atoms. The number of amides is 4. The van der Waals surface area contributed by atoms with Crippen molar-refractivity contribution in [2.75, 3.05) is 38.8 Å². The minimum atomic E-state index is -0.904. The molecule has 0 radical (unpaired) electrons. The zero-order valence-corrected chi connectivity index (χ0v) is 34.1. The standard InChI is InChI=1S/C43H51N9O7/c1-23(2)35(48-42(55)57-5)40(53)51-16-8-11-31(51)38-44-21-28(46-38)25-13-14-30-33(19-25)59-34-20-27(18-26-10-7-15-50(30)37(26)34)29-22-45-39(47-29)32-12-9-17-52(32)41(54)36(24(3)4)49-43(56)58-6/h13-14,18-22,24,31-32,35-36H,1,7-12,15-17H2,2-6H3,(H,44,46)(H,45,47)(H,48,55)(H,49,56). The number of imidazole rings is 2. The van der Waals surface area contributed by atoms with Gasteiger partial charge in [0.25, 0.3) is 0 Å². The summed E-state index contributed by atoms with van der Waals surface area (Å²) in [6.45, 7) is 11.4. The molecule has 4 N–H and O–H groups in total. The first kappa shape index (κ1) is 39.5. The van der Waals surface area contributed by atoms with Crippen molar-refractivity contribution in [1.82, 2.24) is 40.4 Å². The molecule has 0 bridgehead atoms. The SMILES string of the molecule is C=C(C)C(NC(=O)OC)C(=O)N1CCCC1c1ncc(-c2ccc3c(c2)Oc2cc(-c4cnc(C5CCCN5C(=O)C(NC(=O)OC)C(C)C)[nH]4)cc4c2N3CCC4)[nH]1. The number of nitrogens with zero attached hydrogens (tertiary/aromatic N) is 5. The van der Waals surface area contributed by atoms with Gasteiger partial charge in [-0.3, -0.25) is 9.59 Å². The number of carbonyl (C=O) groups is 4. The van der Waals surface area contributed by atoms with Crippen LogP contribution in [0.2, 0.25) is 0 Å². The maximum absolute atomic E-state index is 13.7. The Labute approximate surface area is 342 Å². The number of ether oxygens (including phenoxy) is 3. The Morgan fingerprint density at radius 3 is 2.05 bits per heavy atom. The van der Waals surface area contributed by atoms with E-state index >= 15 is 0 Å². The Balaban J connectivity index is 1.03. The highest BCUT2D eigenvalue weighted by Crippen LogP contribution is 2.52. The minimum Gasteiger partial charge on any atom is -0.453 e. The molecule has 310 valence electrons. The van der Waals surface area contributed by atoms with Crippen molar-refractivity contribution in [3.63, 3.8) is 0 Å². The molecular formula is C43H51N9O7. The molecular weight excluding hydrogens is 755 g/mol. The van der Waals surface area contributed by atoms with Crippen molar-refractivity contribution in [1.29, 1.82) is 0 Å². The lowest BCUT2D eigenvalue weighted by atomic mass is 9.95. The third-order valence-electron chi connectivity index (χ3n) is 11.8. The Morgan fingerprint density at radius 2 is 1.42 bits per heavy atom. The van der Waals surface area contributed by atoms with Crippen molar-refractivity contribution in [2.24, 2.45) is 5.92 Å². The van der Waals surface area contributed by atoms with Crippen LogP contribution in [0.4, 0.5) is 21.0 Å². The van der Waals surface area contributed by atoms with Gasteiger partial charge in [-0.2, -0.15) is 0 Å². The number of carbonyl (C=O) groups excluding carboxylic acids is 4. The number of anilines is 2. The molecule has 2 fully saturated rings. The molecule has 8 rings (SSSR count). The molecule has 0 saturated carbocycles. The van der Waals surface area contributed by atoms with Crippen molar-refractivity contribution >= 4 is 35.4 Å². The number of hydrogen-bond donors (Lipinski definition) is 4. The third kappa shape index (κ3) is 7.47. The van der Waals surface area contributed by atoms with Gasteiger partial charge in [0.05, 0.1) is 61.5 Å².